The van der Waals surface area contributed by atoms with E-state index in [2.05, 4.69) is 5.32 Å². The van der Waals surface area contributed by atoms with Crippen molar-refractivity contribution in [1.29, 1.82) is 0 Å². The Hall–Kier alpha value is 0.0500. The van der Waals surface area contributed by atoms with Gasteiger partial charge in [-0.25, -0.2) is 0 Å². The second-order valence-electron chi connectivity index (χ2n) is 4.33. The Kier molecular flexibility index (Phi) is 4.01. The first-order valence-electron chi connectivity index (χ1n) is 5.41. The highest BCUT2D eigenvalue weighted by molar-refractivity contribution is 6.42. The van der Waals surface area contributed by atoms with Crippen LogP contribution in [0.5, 0.6) is 0 Å². The maximum absolute atomic E-state index is 6.12. The highest BCUT2D eigenvalue weighted by Crippen LogP contribution is 2.34. The van der Waals surface area contributed by atoms with Crippen LogP contribution in [-0.2, 0) is 6.54 Å². The van der Waals surface area contributed by atoms with E-state index in [1.54, 1.807) is 6.07 Å². The first kappa shape index (κ1) is 12.5. The zero-order valence-corrected chi connectivity index (χ0v) is 11.2. The first-order valence-corrected chi connectivity index (χ1v) is 6.70. The number of alkyl halides is 1. The molecule has 0 radical (unpaired) electrons. The van der Waals surface area contributed by atoms with Crippen LogP contribution in [0.4, 0.5) is 0 Å². The molecule has 88 valence electrons. The Labute approximate surface area is 111 Å². The van der Waals surface area contributed by atoms with Crippen LogP contribution in [0.15, 0.2) is 18.2 Å². The third-order valence-electron chi connectivity index (χ3n) is 3.25. The Bertz CT molecular complexity index is 369. The molecule has 4 heteroatoms. The second-order valence-corrected chi connectivity index (χ2v) is 5.39. The van der Waals surface area contributed by atoms with E-state index in [0.29, 0.717) is 15.9 Å². The van der Waals surface area contributed by atoms with Gasteiger partial charge in [-0.05, 0) is 30.9 Å². The fourth-order valence-corrected chi connectivity index (χ4v) is 2.68. The van der Waals surface area contributed by atoms with Gasteiger partial charge in [0.1, 0.15) is 0 Å². The van der Waals surface area contributed by atoms with Crippen molar-refractivity contribution in [3.63, 3.8) is 0 Å². The molecule has 0 atom stereocenters. The molecule has 0 bridgehead atoms. The van der Waals surface area contributed by atoms with Crippen LogP contribution >= 0.6 is 34.8 Å². The molecule has 1 nitrogen and oxygen atoms in total. The molecule has 0 spiro atoms. The lowest BCUT2D eigenvalue weighted by molar-refractivity contribution is 0.211. The highest BCUT2D eigenvalue weighted by Gasteiger charge is 2.35. The fourth-order valence-electron chi connectivity index (χ4n) is 1.93. The molecule has 1 aromatic carbocycles. The molecule has 1 aromatic rings. The van der Waals surface area contributed by atoms with Crippen LogP contribution in [0.1, 0.15) is 24.8 Å². The predicted octanol–water partition coefficient (Wildman–Crippen LogP) is 4.24. The normalized spacial score (nSPS) is 18.2. The molecule has 1 N–H and O–H groups in total. The van der Waals surface area contributed by atoms with Crippen molar-refractivity contribution in [2.45, 2.75) is 31.3 Å². The number of halogens is 3. The van der Waals surface area contributed by atoms with Gasteiger partial charge < -0.3 is 5.32 Å². The van der Waals surface area contributed by atoms with Gasteiger partial charge >= 0.3 is 0 Å². The summed E-state index contributed by atoms with van der Waals surface area (Å²) in [6, 6.07) is 5.70. The average molecular weight is 279 g/mol. The minimum absolute atomic E-state index is 0.118. The van der Waals surface area contributed by atoms with Crippen LogP contribution in [0.3, 0.4) is 0 Å². The van der Waals surface area contributed by atoms with Crippen LogP contribution in [-0.4, -0.2) is 11.4 Å². The van der Waals surface area contributed by atoms with E-state index in [4.69, 9.17) is 34.8 Å². The van der Waals surface area contributed by atoms with Gasteiger partial charge in [-0.2, -0.15) is 0 Å². The molecule has 0 aliphatic heterocycles. The zero-order valence-electron chi connectivity index (χ0n) is 8.90. The topological polar surface area (TPSA) is 12.0 Å². The number of rotatable bonds is 4. The molecule has 0 saturated heterocycles. The zero-order chi connectivity index (χ0) is 11.6. The number of hydrogen-bond donors (Lipinski definition) is 1. The maximum atomic E-state index is 6.12. The standard InChI is InChI=1S/C12H14Cl3N/c13-8-12(5-2-6-12)16-7-9-3-1-4-10(14)11(9)15/h1,3-4,16H,2,5-8H2. The van der Waals surface area contributed by atoms with Crippen molar-refractivity contribution in [1.82, 2.24) is 5.32 Å². The predicted molar refractivity (Wildman–Crippen MR) is 70.6 cm³/mol. The quantitative estimate of drug-likeness (QED) is 0.812. The van der Waals surface area contributed by atoms with Crippen molar-refractivity contribution in [2.75, 3.05) is 5.88 Å². The van der Waals surface area contributed by atoms with E-state index in [0.717, 1.165) is 24.9 Å². The number of benzene rings is 1. The Morgan fingerprint density at radius 3 is 2.56 bits per heavy atom. The van der Waals surface area contributed by atoms with E-state index in [9.17, 15) is 0 Å². The van der Waals surface area contributed by atoms with Gasteiger partial charge in [0, 0.05) is 18.0 Å². The van der Waals surface area contributed by atoms with Gasteiger partial charge in [-0.15, -0.1) is 11.6 Å². The summed E-state index contributed by atoms with van der Waals surface area (Å²) in [7, 11) is 0. The molecule has 1 saturated carbocycles. The number of nitrogens with one attached hydrogen (secondary N) is 1. The maximum Gasteiger partial charge on any atom is 0.0637 e. The van der Waals surface area contributed by atoms with Crippen molar-refractivity contribution in [2.24, 2.45) is 0 Å². The molecule has 1 aliphatic rings. The summed E-state index contributed by atoms with van der Waals surface area (Å²) in [5.41, 5.74) is 1.15. The lowest BCUT2D eigenvalue weighted by Gasteiger charge is -2.41. The van der Waals surface area contributed by atoms with E-state index >= 15 is 0 Å². The Balaban J connectivity index is 2.02. The summed E-state index contributed by atoms with van der Waals surface area (Å²) >= 11 is 18.1. The SMILES string of the molecule is ClCC1(NCc2cccc(Cl)c2Cl)CCC1. The minimum Gasteiger partial charge on any atom is -0.306 e. The molecule has 0 unspecified atom stereocenters. The second kappa shape index (κ2) is 5.14. The first-order chi connectivity index (χ1) is 7.67. The van der Waals surface area contributed by atoms with E-state index in [1.165, 1.54) is 6.42 Å². The smallest absolute Gasteiger partial charge is 0.0637 e. The molecule has 1 fully saturated rings. The van der Waals surface area contributed by atoms with Crippen LogP contribution in [0, 0.1) is 0 Å². The van der Waals surface area contributed by atoms with E-state index in [1.807, 2.05) is 12.1 Å². The van der Waals surface area contributed by atoms with Crippen LogP contribution in [0.25, 0.3) is 0 Å². The summed E-state index contributed by atoms with van der Waals surface area (Å²) in [4.78, 5) is 0. The van der Waals surface area contributed by atoms with Crippen molar-refractivity contribution < 1.29 is 0 Å². The summed E-state index contributed by atoms with van der Waals surface area (Å²) < 4.78 is 0. The van der Waals surface area contributed by atoms with Gasteiger partial charge in [0.25, 0.3) is 0 Å². The van der Waals surface area contributed by atoms with Crippen LogP contribution in [0.2, 0.25) is 10.0 Å². The molecule has 2 rings (SSSR count). The lowest BCUT2D eigenvalue weighted by Crippen LogP contribution is -2.52. The Morgan fingerprint density at radius 2 is 2.00 bits per heavy atom. The summed E-state index contributed by atoms with van der Waals surface area (Å²) in [5, 5.41) is 4.74. The van der Waals surface area contributed by atoms with Crippen LogP contribution < -0.4 is 5.32 Å². The van der Waals surface area contributed by atoms with Gasteiger partial charge in [0.05, 0.1) is 10.0 Å². The van der Waals surface area contributed by atoms with Gasteiger partial charge in [0.2, 0.25) is 0 Å². The Morgan fingerprint density at radius 1 is 1.25 bits per heavy atom. The summed E-state index contributed by atoms with van der Waals surface area (Å²) in [6.07, 6.45) is 3.55. The van der Waals surface area contributed by atoms with Gasteiger partial charge in [0.15, 0.2) is 0 Å². The van der Waals surface area contributed by atoms with E-state index < -0.39 is 0 Å². The van der Waals surface area contributed by atoms with Crippen molar-refractivity contribution in [3.8, 4) is 0 Å². The molecule has 0 amide bonds. The highest BCUT2D eigenvalue weighted by atomic mass is 35.5. The molecule has 0 heterocycles. The fraction of sp³-hybridized carbons (Fsp3) is 0.500. The molecule has 0 aromatic heterocycles. The monoisotopic (exact) mass is 277 g/mol. The third-order valence-corrected chi connectivity index (χ3v) is 4.62. The third kappa shape index (κ3) is 2.48. The lowest BCUT2D eigenvalue weighted by atomic mass is 9.78. The van der Waals surface area contributed by atoms with Gasteiger partial charge in [-0.3, -0.25) is 0 Å². The summed E-state index contributed by atoms with van der Waals surface area (Å²) in [5.74, 6) is 0.658. The van der Waals surface area contributed by atoms with Gasteiger partial charge in [-0.1, -0.05) is 35.3 Å². The van der Waals surface area contributed by atoms with E-state index in [-0.39, 0.29) is 5.54 Å². The molecular formula is C12H14Cl3N. The average Bonchev–Trinajstić information content (AvgIpc) is 2.23. The molecule has 1 aliphatic carbocycles. The largest absolute Gasteiger partial charge is 0.306 e. The van der Waals surface area contributed by atoms with Crippen molar-refractivity contribution in [3.05, 3.63) is 33.8 Å². The molecule has 16 heavy (non-hydrogen) atoms. The number of hydrogen-bond acceptors (Lipinski definition) is 1. The van der Waals surface area contributed by atoms with Crippen molar-refractivity contribution >= 4 is 34.8 Å². The summed E-state index contributed by atoms with van der Waals surface area (Å²) in [6.45, 7) is 0.728. The minimum atomic E-state index is 0.118. The molecular weight excluding hydrogens is 264 g/mol.